The second-order valence-electron chi connectivity index (χ2n) is 20.8. The molecule has 0 amide bonds. The van der Waals surface area contributed by atoms with Gasteiger partial charge in [0.15, 0.2) is 0 Å². The first kappa shape index (κ1) is 36.6. The fourth-order valence-electron chi connectivity index (χ4n) is 16.2. The molecule has 1 aromatic rings. The van der Waals surface area contributed by atoms with E-state index in [2.05, 4.69) is 115 Å². The van der Waals surface area contributed by atoms with Crippen LogP contribution in [0.2, 0.25) is 10.9 Å². The summed E-state index contributed by atoms with van der Waals surface area (Å²) in [5, 5.41) is 0. The topological polar surface area (TPSA) is 0 Å². The number of hydrogen-bond acceptors (Lipinski definition) is 0. The minimum atomic E-state index is -4.46. The summed E-state index contributed by atoms with van der Waals surface area (Å²) in [4.78, 5) is 0. The molecule has 0 spiro atoms. The Hall–Kier alpha value is -0.747. The van der Waals surface area contributed by atoms with Gasteiger partial charge in [-0.2, -0.15) is 0 Å². The Bertz CT molecular complexity index is 1820. The van der Waals surface area contributed by atoms with Crippen molar-refractivity contribution in [2.24, 2.45) is 45.3 Å². The van der Waals surface area contributed by atoms with Gasteiger partial charge >= 0.3 is 290 Å². The molecule has 0 aliphatic heterocycles. The van der Waals surface area contributed by atoms with E-state index >= 15 is 0 Å². The third-order valence-electron chi connectivity index (χ3n) is 19.7. The third kappa shape index (κ3) is 3.72. The van der Waals surface area contributed by atoms with E-state index in [-0.39, 0.29) is 49.6 Å². The van der Waals surface area contributed by atoms with Gasteiger partial charge in [-0.25, -0.2) is 0 Å². The third-order valence-corrected chi connectivity index (χ3v) is 42.3. The van der Waals surface area contributed by atoms with Gasteiger partial charge < -0.3 is 0 Å². The Balaban J connectivity index is 0.00000189. The minimum absolute atomic E-state index is 0. The number of benzene rings is 1. The molecule has 0 N–H and O–H groups in total. The van der Waals surface area contributed by atoms with Crippen LogP contribution >= 0.6 is 24.8 Å². The van der Waals surface area contributed by atoms with Gasteiger partial charge in [-0.05, 0) is 0 Å². The molecule has 266 valence electrons. The van der Waals surface area contributed by atoms with Crippen LogP contribution in [0.15, 0.2) is 74.6 Å². The summed E-state index contributed by atoms with van der Waals surface area (Å²) in [5.41, 5.74) is 10.4. The number of rotatable bonds is 3. The van der Waals surface area contributed by atoms with Gasteiger partial charge in [-0.3, -0.25) is 0 Å². The molecule has 3 heteroatoms. The molecule has 9 aliphatic carbocycles. The van der Waals surface area contributed by atoms with Crippen LogP contribution in [0, 0.1) is 45.3 Å². The van der Waals surface area contributed by atoms with E-state index in [1.165, 1.54) is 56.9 Å². The number of allylic oxidation sites excluding steroid dienone is 10. The molecule has 4 bridgehead atoms. The predicted molar refractivity (Wildman–Crippen MR) is 214 cm³/mol. The van der Waals surface area contributed by atoms with Crippen LogP contribution in [0.4, 0.5) is 0 Å². The molecule has 49 heavy (non-hydrogen) atoms. The first-order chi connectivity index (χ1) is 22.0. The molecule has 0 aromatic heterocycles. The molecule has 5 fully saturated rings. The average molecular weight is 779 g/mol. The molecule has 0 heterocycles. The second kappa shape index (κ2) is 10.7. The van der Waals surface area contributed by atoms with E-state index in [9.17, 15) is 0 Å². The SMILES string of the molecule is Cl.Cl.[CH2]=[Zr]([CH3])([C]1=CC=CC1)([C]12CC3CC(CC(C3)C1)C2)[C]1(C)C2=C3Cc4ccccc4C3=C3C=CCCC3C2(C)C(C)(C)C(C)(C)C1(C)C. The van der Waals surface area contributed by atoms with Crippen molar-refractivity contribution < 1.29 is 18.3 Å². The van der Waals surface area contributed by atoms with Crippen LogP contribution in [-0.2, 0) is 24.7 Å². The van der Waals surface area contributed by atoms with Crippen molar-refractivity contribution in [2.75, 3.05) is 0 Å². The zero-order chi connectivity index (χ0) is 33.2. The van der Waals surface area contributed by atoms with Crippen LogP contribution in [-0.4, -0.2) is 4.21 Å². The summed E-state index contributed by atoms with van der Waals surface area (Å²) >= 11 is -4.46. The molecule has 9 aliphatic rings. The summed E-state index contributed by atoms with van der Waals surface area (Å²) in [6.07, 6.45) is 26.4. The van der Waals surface area contributed by atoms with E-state index in [4.69, 9.17) is 4.21 Å². The van der Waals surface area contributed by atoms with Crippen LogP contribution in [0.25, 0.3) is 5.57 Å². The molecular weight excluding hydrogens is 715 g/mol. The fraction of sp³-hybridized carbons (Fsp3) is 0.630. The van der Waals surface area contributed by atoms with Crippen molar-refractivity contribution in [2.45, 2.75) is 130 Å². The Morgan fingerprint density at radius 2 is 1.39 bits per heavy atom. The number of fused-ring (bicyclic) bond motifs is 6. The van der Waals surface area contributed by atoms with Gasteiger partial charge in [-0.1, -0.05) is 0 Å². The first-order valence-electron chi connectivity index (χ1n) is 19.6. The summed E-state index contributed by atoms with van der Waals surface area (Å²) in [5.74, 6) is 3.34. The van der Waals surface area contributed by atoms with E-state index < -0.39 is 18.3 Å². The Morgan fingerprint density at radius 1 is 0.776 bits per heavy atom. The van der Waals surface area contributed by atoms with Gasteiger partial charge in [-0.15, -0.1) is 24.8 Å². The fourth-order valence-corrected chi connectivity index (χ4v) is 38.9. The Labute approximate surface area is 312 Å². The first-order valence-corrected chi connectivity index (χ1v) is 27.5. The van der Waals surface area contributed by atoms with Gasteiger partial charge in [0.2, 0.25) is 0 Å². The molecule has 1 aromatic carbocycles. The van der Waals surface area contributed by atoms with E-state index in [0.717, 1.165) is 30.6 Å². The summed E-state index contributed by atoms with van der Waals surface area (Å²) < 4.78 is 11.5. The summed E-state index contributed by atoms with van der Waals surface area (Å²) in [6, 6.07) is 9.54. The van der Waals surface area contributed by atoms with Crippen molar-refractivity contribution in [1.82, 2.24) is 0 Å². The van der Waals surface area contributed by atoms with Crippen molar-refractivity contribution in [3.63, 3.8) is 0 Å². The predicted octanol–water partition coefficient (Wildman–Crippen LogP) is 13.8. The van der Waals surface area contributed by atoms with Gasteiger partial charge in [0.1, 0.15) is 0 Å². The van der Waals surface area contributed by atoms with Gasteiger partial charge in [0, 0.05) is 0 Å². The molecular formula is C46H64Cl2Zr. The number of halogens is 2. The Morgan fingerprint density at radius 3 is 1.98 bits per heavy atom. The zero-order valence-electron chi connectivity index (χ0n) is 32.1. The molecule has 10 rings (SSSR count). The molecule has 3 atom stereocenters. The molecule has 0 radical (unpaired) electrons. The monoisotopic (exact) mass is 776 g/mol. The average Bonchev–Trinajstić information content (AvgIpc) is 3.69. The van der Waals surface area contributed by atoms with Crippen LogP contribution in [0.5, 0.6) is 0 Å². The van der Waals surface area contributed by atoms with Gasteiger partial charge in [0.05, 0.1) is 0 Å². The summed E-state index contributed by atoms with van der Waals surface area (Å²) in [7, 11) is 0. The molecule has 3 unspecified atom stereocenters. The van der Waals surface area contributed by atoms with Crippen LogP contribution in [0.1, 0.15) is 124 Å². The molecule has 0 saturated heterocycles. The number of hydrogen-bond donors (Lipinski definition) is 0. The van der Waals surface area contributed by atoms with Crippen molar-refractivity contribution in [3.05, 3.63) is 85.8 Å². The zero-order valence-corrected chi connectivity index (χ0v) is 36.2. The molecule has 5 saturated carbocycles. The van der Waals surface area contributed by atoms with Crippen molar-refractivity contribution in [3.8, 4) is 0 Å². The van der Waals surface area contributed by atoms with Gasteiger partial charge in [0.25, 0.3) is 0 Å². The van der Waals surface area contributed by atoms with Crippen LogP contribution < -0.4 is 0 Å². The van der Waals surface area contributed by atoms with E-state index in [0.29, 0.717) is 9.04 Å². The van der Waals surface area contributed by atoms with Crippen molar-refractivity contribution in [1.29, 1.82) is 0 Å². The van der Waals surface area contributed by atoms with E-state index in [1.54, 1.807) is 22.3 Å². The van der Waals surface area contributed by atoms with Crippen LogP contribution in [0.3, 0.4) is 0 Å². The normalized spacial score (nSPS) is 40.2. The standard InChI is InChI=1S/C29H37.C10H15.C5H5.CH3.CH2.2ClH.Zr/c1-18-25-22-17-19-13-9-10-14-20(19)24(22)21-15-11-12-16-23(21)29(25,8)28(6,7)27(4,5)26(18,2)3;1-7-2-9-4-8(1)5-10(3-7)6-9;1-2-4-5-3-1;;;;;/h9-11,13-15,23H,12,16-17H2,1-8H3;7-9H,1-6H2;1-3H,4H2;1H3;1H2;2*1H;. The molecule has 0 nitrogen and oxygen atoms in total. The van der Waals surface area contributed by atoms with Crippen molar-refractivity contribution >= 4 is 34.6 Å². The maximum absolute atomic E-state index is 6.20. The second-order valence-corrected chi connectivity index (χ2v) is 37.3. The van der Waals surface area contributed by atoms with E-state index in [1.807, 2.05) is 8.85 Å². The summed E-state index contributed by atoms with van der Waals surface area (Å²) in [6.45, 7) is 22.1. The quantitative estimate of drug-likeness (QED) is 0.287. The maximum atomic E-state index is 6.20. The Kier molecular flexibility index (Phi) is 7.98.